The van der Waals surface area contributed by atoms with Gasteiger partial charge in [0.05, 0.1) is 13.7 Å². The molecule has 1 saturated heterocycles. The van der Waals surface area contributed by atoms with Crippen LogP contribution in [0.5, 0.6) is 0 Å². The van der Waals surface area contributed by atoms with Crippen molar-refractivity contribution in [2.24, 2.45) is 5.16 Å². The molecule has 0 aliphatic carbocycles. The third-order valence-corrected chi connectivity index (χ3v) is 3.59. The van der Waals surface area contributed by atoms with Crippen molar-refractivity contribution in [3.05, 3.63) is 34.3 Å². The standard InChI is InChI=1S/C15H18BrNO4/c1-19-15(18)13(10-11-5-4-6-12(16)9-11)17-21-14-7-2-3-8-20-14/h4-6,9,14H,2-3,7-8,10H2,1H3/b17-13+. The van der Waals surface area contributed by atoms with Crippen LogP contribution in [-0.4, -0.2) is 31.7 Å². The van der Waals surface area contributed by atoms with Crippen molar-refractivity contribution < 1.29 is 19.1 Å². The van der Waals surface area contributed by atoms with Gasteiger partial charge in [0.15, 0.2) is 5.71 Å². The van der Waals surface area contributed by atoms with Crippen LogP contribution in [0, 0.1) is 0 Å². The number of methoxy groups -OCH3 is 1. The van der Waals surface area contributed by atoms with E-state index < -0.39 is 5.97 Å². The van der Waals surface area contributed by atoms with Gasteiger partial charge in [0.1, 0.15) is 0 Å². The first-order valence-corrected chi connectivity index (χ1v) is 7.65. The van der Waals surface area contributed by atoms with Crippen molar-refractivity contribution in [2.45, 2.75) is 32.0 Å². The lowest BCUT2D eigenvalue weighted by Gasteiger charge is -2.20. The Hall–Kier alpha value is -1.40. The second-order valence-electron chi connectivity index (χ2n) is 4.74. The van der Waals surface area contributed by atoms with E-state index in [4.69, 9.17) is 14.3 Å². The van der Waals surface area contributed by atoms with E-state index in [0.717, 1.165) is 29.3 Å². The number of carbonyl (C=O) groups is 1. The Morgan fingerprint density at radius 1 is 1.48 bits per heavy atom. The summed E-state index contributed by atoms with van der Waals surface area (Å²) in [7, 11) is 1.33. The summed E-state index contributed by atoms with van der Waals surface area (Å²) in [5.74, 6) is -0.495. The smallest absolute Gasteiger partial charge is 0.356 e. The molecule has 1 atom stereocenters. The van der Waals surface area contributed by atoms with Crippen molar-refractivity contribution in [3.63, 3.8) is 0 Å². The van der Waals surface area contributed by atoms with Crippen LogP contribution in [0.4, 0.5) is 0 Å². The van der Waals surface area contributed by atoms with Gasteiger partial charge in [-0.25, -0.2) is 4.79 Å². The van der Waals surface area contributed by atoms with Gasteiger partial charge >= 0.3 is 5.97 Å². The van der Waals surface area contributed by atoms with Gasteiger partial charge in [0, 0.05) is 17.3 Å². The molecule has 1 aromatic carbocycles. The topological polar surface area (TPSA) is 57.1 Å². The number of nitrogens with zero attached hydrogens (tertiary/aromatic N) is 1. The number of ether oxygens (including phenoxy) is 2. The Morgan fingerprint density at radius 2 is 2.33 bits per heavy atom. The molecule has 21 heavy (non-hydrogen) atoms. The molecule has 0 N–H and O–H groups in total. The highest BCUT2D eigenvalue weighted by Crippen LogP contribution is 2.15. The maximum Gasteiger partial charge on any atom is 0.356 e. The lowest BCUT2D eigenvalue weighted by atomic mass is 10.1. The summed E-state index contributed by atoms with van der Waals surface area (Å²) >= 11 is 3.40. The van der Waals surface area contributed by atoms with Crippen molar-refractivity contribution in [2.75, 3.05) is 13.7 Å². The number of esters is 1. The summed E-state index contributed by atoms with van der Waals surface area (Å²) in [5.41, 5.74) is 1.17. The maximum absolute atomic E-state index is 11.8. The Morgan fingerprint density at radius 3 is 3.00 bits per heavy atom. The van der Waals surface area contributed by atoms with Gasteiger partial charge in [-0.3, -0.25) is 0 Å². The number of rotatable bonds is 5. The van der Waals surface area contributed by atoms with Crippen molar-refractivity contribution in [1.29, 1.82) is 0 Å². The second kappa shape index (κ2) is 8.14. The zero-order valence-electron chi connectivity index (χ0n) is 11.9. The summed E-state index contributed by atoms with van der Waals surface area (Å²) in [6.07, 6.45) is 2.83. The average molecular weight is 356 g/mol. The predicted octanol–water partition coefficient (Wildman–Crippen LogP) is 3.06. The van der Waals surface area contributed by atoms with E-state index in [9.17, 15) is 4.79 Å². The third-order valence-electron chi connectivity index (χ3n) is 3.10. The van der Waals surface area contributed by atoms with Crippen molar-refractivity contribution in [1.82, 2.24) is 0 Å². The Bertz CT molecular complexity index is 512. The molecule has 0 spiro atoms. The number of halogens is 1. The second-order valence-corrected chi connectivity index (χ2v) is 5.65. The minimum absolute atomic E-state index is 0.227. The molecule has 0 amide bonds. The Balaban J connectivity index is 2.04. The normalized spacial score (nSPS) is 19.1. The first-order chi connectivity index (χ1) is 10.2. The highest BCUT2D eigenvalue weighted by Gasteiger charge is 2.18. The summed E-state index contributed by atoms with van der Waals surface area (Å²) in [5, 5.41) is 3.94. The van der Waals surface area contributed by atoms with Crippen LogP contribution < -0.4 is 0 Å². The average Bonchev–Trinajstić information content (AvgIpc) is 2.51. The molecule has 0 bridgehead atoms. The summed E-state index contributed by atoms with van der Waals surface area (Å²) in [4.78, 5) is 17.1. The van der Waals surface area contributed by atoms with Crippen LogP contribution >= 0.6 is 15.9 Å². The molecule has 1 aliphatic heterocycles. The van der Waals surface area contributed by atoms with E-state index in [1.807, 2.05) is 24.3 Å². The van der Waals surface area contributed by atoms with Gasteiger partial charge in [0.25, 0.3) is 0 Å². The molecule has 0 aromatic heterocycles. The molecule has 1 unspecified atom stereocenters. The van der Waals surface area contributed by atoms with Crippen molar-refractivity contribution >= 4 is 27.6 Å². The minimum atomic E-state index is -0.495. The third kappa shape index (κ3) is 5.13. The van der Waals surface area contributed by atoms with Gasteiger partial charge in [-0.05, 0) is 30.5 Å². The fourth-order valence-electron chi connectivity index (χ4n) is 2.02. The first-order valence-electron chi connectivity index (χ1n) is 6.86. The molecular formula is C15H18BrNO4. The zero-order valence-corrected chi connectivity index (χ0v) is 13.5. The number of benzene rings is 1. The van der Waals surface area contributed by atoms with Crippen LogP contribution in [0.3, 0.4) is 0 Å². The number of hydrogen-bond donors (Lipinski definition) is 0. The largest absolute Gasteiger partial charge is 0.464 e. The minimum Gasteiger partial charge on any atom is -0.464 e. The molecule has 1 aliphatic rings. The van der Waals surface area contributed by atoms with E-state index in [1.54, 1.807) is 0 Å². The first kappa shape index (κ1) is 16.0. The van der Waals surface area contributed by atoms with Gasteiger partial charge < -0.3 is 14.3 Å². The molecule has 0 saturated carbocycles. The summed E-state index contributed by atoms with van der Waals surface area (Å²) in [6, 6.07) is 7.67. The van der Waals surface area contributed by atoms with Crippen LogP contribution in [0.15, 0.2) is 33.9 Å². The molecule has 1 fully saturated rings. The molecule has 5 nitrogen and oxygen atoms in total. The quantitative estimate of drug-likeness (QED) is 0.462. The van der Waals surface area contributed by atoms with Crippen LogP contribution in [-0.2, 0) is 25.5 Å². The molecule has 2 rings (SSSR count). The molecular weight excluding hydrogens is 338 g/mol. The molecule has 1 aromatic rings. The molecule has 0 radical (unpaired) electrons. The highest BCUT2D eigenvalue weighted by atomic mass is 79.9. The maximum atomic E-state index is 11.8. The van der Waals surface area contributed by atoms with E-state index in [2.05, 4.69) is 21.1 Å². The summed E-state index contributed by atoms with van der Waals surface area (Å²) < 4.78 is 11.1. The van der Waals surface area contributed by atoms with Gasteiger partial charge in [-0.15, -0.1) is 0 Å². The highest BCUT2D eigenvalue weighted by molar-refractivity contribution is 9.10. The zero-order chi connectivity index (χ0) is 15.1. The summed E-state index contributed by atoms with van der Waals surface area (Å²) in [6.45, 7) is 0.666. The van der Waals surface area contributed by atoms with Gasteiger partial charge in [-0.1, -0.05) is 33.2 Å². The van der Waals surface area contributed by atoms with Crippen LogP contribution in [0.25, 0.3) is 0 Å². The lowest BCUT2D eigenvalue weighted by molar-refractivity contribution is -0.163. The monoisotopic (exact) mass is 355 g/mol. The van der Waals surface area contributed by atoms with E-state index in [0.29, 0.717) is 13.0 Å². The number of oxime groups is 1. The fraction of sp³-hybridized carbons (Fsp3) is 0.467. The fourth-order valence-corrected chi connectivity index (χ4v) is 2.46. The lowest BCUT2D eigenvalue weighted by Crippen LogP contribution is -2.24. The SMILES string of the molecule is COC(=O)/C(Cc1cccc(Br)c1)=N/OC1CCCCO1. The molecule has 6 heteroatoms. The van der Waals surface area contributed by atoms with Crippen molar-refractivity contribution in [3.8, 4) is 0 Å². The number of hydrogen-bond acceptors (Lipinski definition) is 5. The van der Waals surface area contributed by atoms with E-state index >= 15 is 0 Å². The van der Waals surface area contributed by atoms with Gasteiger partial charge in [-0.2, -0.15) is 0 Å². The molecule has 114 valence electrons. The predicted molar refractivity (Wildman–Crippen MR) is 82.0 cm³/mol. The van der Waals surface area contributed by atoms with Crippen LogP contribution in [0.1, 0.15) is 24.8 Å². The van der Waals surface area contributed by atoms with Crippen LogP contribution in [0.2, 0.25) is 0 Å². The van der Waals surface area contributed by atoms with E-state index in [-0.39, 0.29) is 12.0 Å². The molecule has 1 heterocycles. The Kier molecular flexibility index (Phi) is 6.20. The number of carbonyl (C=O) groups excluding carboxylic acids is 1. The van der Waals surface area contributed by atoms with Gasteiger partial charge in [0.2, 0.25) is 6.29 Å². The Labute approximate surface area is 132 Å². The van der Waals surface area contributed by atoms with E-state index in [1.165, 1.54) is 7.11 Å².